The van der Waals surface area contributed by atoms with Crippen molar-refractivity contribution >= 4 is 28.7 Å². The highest BCUT2D eigenvalue weighted by atomic mass is 32.9. The Morgan fingerprint density at radius 2 is 2.00 bits per heavy atom. The second-order valence-electron chi connectivity index (χ2n) is 4.01. The Morgan fingerprint density at radius 1 is 1.31 bits per heavy atom. The molecule has 0 atom stereocenters. The molecule has 0 amide bonds. The van der Waals surface area contributed by atoms with Crippen molar-refractivity contribution in [1.82, 2.24) is 0 Å². The highest BCUT2D eigenvalue weighted by Crippen LogP contribution is 2.43. The highest BCUT2D eigenvalue weighted by molar-refractivity contribution is 8.69. The molecule has 0 saturated heterocycles. The van der Waals surface area contributed by atoms with Crippen LogP contribution in [0.4, 0.5) is 0 Å². The van der Waals surface area contributed by atoms with E-state index in [1.165, 1.54) is 16.7 Å². The van der Waals surface area contributed by atoms with E-state index in [1.807, 2.05) is 0 Å². The van der Waals surface area contributed by atoms with Crippen LogP contribution < -0.4 is 11.0 Å². The number of hydrogen-bond acceptors (Lipinski definition) is 2. The van der Waals surface area contributed by atoms with Crippen molar-refractivity contribution in [1.29, 1.82) is 0 Å². The fourth-order valence-electron chi connectivity index (χ4n) is 1.60. The minimum atomic E-state index is -2.06. The number of benzene rings is 1. The first kappa shape index (κ1) is 14.2. The molecular formula is C11H19N2PS2. The van der Waals surface area contributed by atoms with Crippen LogP contribution in [0.3, 0.4) is 0 Å². The van der Waals surface area contributed by atoms with Crippen molar-refractivity contribution in [3.05, 3.63) is 34.9 Å². The third kappa shape index (κ3) is 5.46. The van der Waals surface area contributed by atoms with Crippen molar-refractivity contribution in [3.8, 4) is 0 Å². The SMILES string of the molecule is Cc1ccc(CCCSP(N)(N)=S)c(C)c1. The maximum atomic E-state index is 5.63. The van der Waals surface area contributed by atoms with Gasteiger partial charge in [-0.1, -0.05) is 47.0 Å². The summed E-state index contributed by atoms with van der Waals surface area (Å²) in [4.78, 5) is 0. The molecule has 5 heteroatoms. The Hall–Kier alpha value is 0.140. The molecule has 1 aromatic carbocycles. The third-order valence-corrected chi connectivity index (χ3v) is 5.96. The van der Waals surface area contributed by atoms with Gasteiger partial charge in [-0.25, -0.2) is 0 Å². The minimum Gasteiger partial charge on any atom is -0.283 e. The van der Waals surface area contributed by atoms with Crippen LogP contribution in [0.1, 0.15) is 23.1 Å². The van der Waals surface area contributed by atoms with Gasteiger partial charge in [-0.05, 0) is 37.8 Å². The summed E-state index contributed by atoms with van der Waals surface area (Å²) < 4.78 is 0. The van der Waals surface area contributed by atoms with Gasteiger partial charge in [0.1, 0.15) is 5.54 Å². The summed E-state index contributed by atoms with van der Waals surface area (Å²) in [5, 5.41) is 0. The highest BCUT2D eigenvalue weighted by Gasteiger charge is 2.04. The van der Waals surface area contributed by atoms with Crippen molar-refractivity contribution in [2.75, 3.05) is 5.75 Å². The Labute approximate surface area is 107 Å². The quantitative estimate of drug-likeness (QED) is 0.640. The lowest BCUT2D eigenvalue weighted by atomic mass is 10.0. The van der Waals surface area contributed by atoms with Crippen LogP contribution in [0.5, 0.6) is 0 Å². The Bertz CT molecular complexity index is 401. The fourth-order valence-corrected chi connectivity index (χ4v) is 4.07. The van der Waals surface area contributed by atoms with Gasteiger partial charge in [0.25, 0.3) is 0 Å². The molecule has 0 aliphatic heterocycles. The molecule has 16 heavy (non-hydrogen) atoms. The smallest absolute Gasteiger partial charge is 0.122 e. The molecule has 0 spiro atoms. The van der Waals surface area contributed by atoms with Crippen LogP contribution in [0, 0.1) is 13.8 Å². The maximum absolute atomic E-state index is 5.63. The molecule has 0 fully saturated rings. The van der Waals surface area contributed by atoms with Gasteiger partial charge >= 0.3 is 0 Å². The van der Waals surface area contributed by atoms with Crippen molar-refractivity contribution < 1.29 is 0 Å². The fraction of sp³-hybridized carbons (Fsp3) is 0.455. The monoisotopic (exact) mass is 274 g/mol. The second kappa shape index (κ2) is 6.18. The van der Waals surface area contributed by atoms with Gasteiger partial charge in [0.2, 0.25) is 0 Å². The molecule has 4 N–H and O–H groups in total. The normalized spacial score (nSPS) is 11.8. The zero-order valence-electron chi connectivity index (χ0n) is 9.77. The van der Waals surface area contributed by atoms with E-state index in [-0.39, 0.29) is 0 Å². The molecule has 0 aliphatic carbocycles. The predicted octanol–water partition coefficient (Wildman–Crippen LogP) is 3.11. The average molecular weight is 274 g/mol. The first-order chi connectivity index (χ1) is 7.38. The summed E-state index contributed by atoms with van der Waals surface area (Å²) in [6.07, 6.45) is 2.16. The van der Waals surface area contributed by atoms with E-state index in [1.54, 1.807) is 11.4 Å². The first-order valence-corrected chi connectivity index (χ1v) is 9.79. The van der Waals surface area contributed by atoms with Crippen molar-refractivity contribution in [2.24, 2.45) is 11.0 Å². The van der Waals surface area contributed by atoms with Crippen LogP contribution in [-0.4, -0.2) is 5.75 Å². The summed E-state index contributed by atoms with van der Waals surface area (Å²) in [5.41, 5.74) is 13.3. The van der Waals surface area contributed by atoms with Gasteiger partial charge in [-0.3, -0.25) is 11.0 Å². The largest absolute Gasteiger partial charge is 0.283 e. The van der Waals surface area contributed by atoms with Crippen molar-refractivity contribution in [3.63, 3.8) is 0 Å². The van der Waals surface area contributed by atoms with E-state index in [0.717, 1.165) is 18.6 Å². The van der Waals surface area contributed by atoms with E-state index >= 15 is 0 Å². The Morgan fingerprint density at radius 3 is 2.56 bits per heavy atom. The summed E-state index contributed by atoms with van der Waals surface area (Å²) in [6.45, 7) is 4.28. The lowest BCUT2D eigenvalue weighted by Gasteiger charge is -2.10. The van der Waals surface area contributed by atoms with Gasteiger partial charge in [-0.2, -0.15) is 0 Å². The molecule has 1 aromatic rings. The lowest BCUT2D eigenvalue weighted by Crippen LogP contribution is -2.01. The molecule has 0 saturated carbocycles. The van der Waals surface area contributed by atoms with Crippen molar-refractivity contribution in [2.45, 2.75) is 26.7 Å². The summed E-state index contributed by atoms with van der Waals surface area (Å²) in [5.74, 6) is 0.956. The summed E-state index contributed by atoms with van der Waals surface area (Å²) >= 11 is 6.53. The van der Waals surface area contributed by atoms with Gasteiger partial charge in [-0.15, -0.1) is 0 Å². The van der Waals surface area contributed by atoms with E-state index in [2.05, 4.69) is 32.0 Å². The van der Waals surface area contributed by atoms with E-state index in [4.69, 9.17) is 22.8 Å². The predicted molar refractivity (Wildman–Crippen MR) is 79.4 cm³/mol. The minimum absolute atomic E-state index is 0.956. The van der Waals surface area contributed by atoms with Crippen LogP contribution >= 0.6 is 16.9 Å². The third-order valence-electron chi connectivity index (χ3n) is 2.38. The number of nitrogens with two attached hydrogens (primary N) is 2. The Kier molecular flexibility index (Phi) is 5.48. The van der Waals surface area contributed by atoms with Crippen LogP contribution in [0.15, 0.2) is 18.2 Å². The molecule has 0 bridgehead atoms. The van der Waals surface area contributed by atoms with Crippen LogP contribution in [-0.2, 0) is 18.2 Å². The number of hydrogen-bond donors (Lipinski definition) is 2. The molecular weight excluding hydrogens is 255 g/mol. The zero-order valence-corrected chi connectivity index (χ0v) is 12.3. The zero-order chi connectivity index (χ0) is 12.2. The standard InChI is InChI=1S/C11H19N2PS2/c1-9-5-6-11(10(2)8-9)4-3-7-16-14(12,13)15/h5-6,8H,3-4,7H2,1-2H3,(H4,12,13,15). The Balaban J connectivity index is 2.41. The summed E-state index contributed by atoms with van der Waals surface area (Å²) in [6, 6.07) is 6.58. The molecule has 1 rings (SSSR count). The number of rotatable bonds is 5. The second-order valence-corrected chi connectivity index (χ2v) is 11.1. The van der Waals surface area contributed by atoms with E-state index < -0.39 is 5.54 Å². The molecule has 0 aromatic heterocycles. The van der Waals surface area contributed by atoms with Gasteiger partial charge < -0.3 is 0 Å². The van der Waals surface area contributed by atoms with Gasteiger partial charge in [0.05, 0.1) is 0 Å². The van der Waals surface area contributed by atoms with Gasteiger partial charge in [0, 0.05) is 5.75 Å². The molecule has 2 nitrogen and oxygen atoms in total. The van der Waals surface area contributed by atoms with E-state index in [9.17, 15) is 0 Å². The number of aryl methyl sites for hydroxylation is 3. The van der Waals surface area contributed by atoms with Gasteiger partial charge in [0.15, 0.2) is 0 Å². The van der Waals surface area contributed by atoms with E-state index in [0.29, 0.717) is 0 Å². The first-order valence-electron chi connectivity index (χ1n) is 5.26. The topological polar surface area (TPSA) is 52.0 Å². The molecule has 0 radical (unpaired) electrons. The maximum Gasteiger partial charge on any atom is 0.122 e. The van der Waals surface area contributed by atoms with Crippen LogP contribution in [0.25, 0.3) is 0 Å². The molecule has 0 aliphatic rings. The average Bonchev–Trinajstić information content (AvgIpc) is 2.13. The summed E-state index contributed by atoms with van der Waals surface area (Å²) in [7, 11) is 0. The lowest BCUT2D eigenvalue weighted by molar-refractivity contribution is 0.924. The molecule has 90 valence electrons. The molecule has 0 heterocycles. The molecule has 0 unspecified atom stereocenters. The van der Waals surface area contributed by atoms with Crippen LogP contribution in [0.2, 0.25) is 0 Å².